The van der Waals surface area contributed by atoms with Gasteiger partial charge in [0.1, 0.15) is 6.04 Å². The molecule has 0 heterocycles. The predicted octanol–water partition coefficient (Wildman–Crippen LogP) is 2.48. The molecule has 0 spiro atoms. The molecule has 1 atom stereocenters. The average molecular weight is 176 g/mol. The van der Waals surface area contributed by atoms with E-state index in [4.69, 9.17) is 17.1 Å². The molecule has 0 N–H and O–H groups in total. The molecule has 0 aromatic rings. The maximum absolute atomic E-state index is 10.7. The van der Waals surface area contributed by atoms with Crippen molar-refractivity contribution in [3.63, 3.8) is 0 Å². The van der Waals surface area contributed by atoms with E-state index >= 15 is 0 Å². The van der Waals surface area contributed by atoms with E-state index < -0.39 is 16.7 Å². The highest BCUT2D eigenvalue weighted by atomic mass is 35.5. The Kier molecular flexibility index (Phi) is 3.36. The third-order valence-corrected chi connectivity index (χ3v) is 1.41. The molecule has 0 aliphatic heterocycles. The lowest BCUT2D eigenvalue weighted by Crippen LogP contribution is -2.29. The molecule has 0 saturated carbocycles. The van der Waals surface area contributed by atoms with Gasteiger partial charge in [0.15, 0.2) is 0 Å². The van der Waals surface area contributed by atoms with Gasteiger partial charge in [-0.25, -0.2) is 0 Å². The maximum atomic E-state index is 10.7. The van der Waals surface area contributed by atoms with E-state index in [1.807, 2.05) is 0 Å². The highest BCUT2D eigenvalue weighted by molar-refractivity contribution is 6.64. The molecule has 62 valence electrons. The lowest BCUT2D eigenvalue weighted by atomic mass is 9.88. The van der Waals surface area contributed by atoms with Crippen LogP contribution >= 0.6 is 11.6 Å². The maximum Gasteiger partial charge on any atom is 0.231 e. The minimum atomic E-state index is -0.783. The van der Waals surface area contributed by atoms with Crippen molar-refractivity contribution in [2.75, 3.05) is 0 Å². The van der Waals surface area contributed by atoms with Gasteiger partial charge in [-0.15, -0.1) is 0 Å². The molecule has 0 rings (SSSR count). The van der Waals surface area contributed by atoms with Crippen LogP contribution in [0.5, 0.6) is 0 Å². The Bertz CT molecular complexity index is 200. The van der Waals surface area contributed by atoms with Crippen molar-refractivity contribution in [3.8, 4) is 0 Å². The van der Waals surface area contributed by atoms with Crippen LogP contribution in [0.1, 0.15) is 20.8 Å². The van der Waals surface area contributed by atoms with E-state index in [1.165, 1.54) is 0 Å². The number of hydrogen-bond donors (Lipinski definition) is 0. The number of hydrogen-bond acceptors (Lipinski definition) is 2. The third-order valence-electron chi connectivity index (χ3n) is 1.20. The Morgan fingerprint density at radius 3 is 2.18 bits per heavy atom. The van der Waals surface area contributed by atoms with Crippen molar-refractivity contribution in [1.82, 2.24) is 0 Å². The van der Waals surface area contributed by atoms with E-state index in [0.29, 0.717) is 0 Å². The van der Waals surface area contributed by atoms with Crippen LogP contribution < -0.4 is 0 Å². The first-order valence-electron chi connectivity index (χ1n) is 3.13. The van der Waals surface area contributed by atoms with Crippen LogP contribution in [0.25, 0.3) is 10.4 Å². The summed E-state index contributed by atoms with van der Waals surface area (Å²) in [6.07, 6.45) is 0. The Labute approximate surface area is 70.2 Å². The molecule has 0 aromatic heterocycles. The topological polar surface area (TPSA) is 65.8 Å². The summed E-state index contributed by atoms with van der Waals surface area (Å²) in [4.78, 5) is 13.2. The third kappa shape index (κ3) is 3.25. The summed E-state index contributed by atoms with van der Waals surface area (Å²) in [6.45, 7) is 5.35. The number of carbonyl (C=O) groups is 1. The molecular formula is C6H10ClN3O. The summed E-state index contributed by atoms with van der Waals surface area (Å²) in [5, 5.41) is 2.68. The smallest absolute Gasteiger partial charge is 0.231 e. The van der Waals surface area contributed by atoms with Crippen molar-refractivity contribution in [2.24, 2.45) is 10.5 Å². The minimum absolute atomic E-state index is 0.412. The molecule has 4 nitrogen and oxygen atoms in total. The summed E-state index contributed by atoms with van der Waals surface area (Å²) < 4.78 is 0. The Balaban J connectivity index is 4.61. The number of nitrogens with zero attached hydrogens (tertiary/aromatic N) is 3. The first-order valence-corrected chi connectivity index (χ1v) is 3.51. The molecule has 0 fully saturated rings. The van der Waals surface area contributed by atoms with Gasteiger partial charge < -0.3 is 0 Å². The van der Waals surface area contributed by atoms with E-state index in [-0.39, 0.29) is 0 Å². The summed E-state index contributed by atoms with van der Waals surface area (Å²) in [5.41, 5.74) is 7.68. The molecule has 5 heteroatoms. The van der Waals surface area contributed by atoms with Crippen LogP contribution in [-0.2, 0) is 4.79 Å². The van der Waals surface area contributed by atoms with Crippen molar-refractivity contribution in [1.29, 1.82) is 0 Å². The standard InChI is InChI=1S/C6H10ClN3O/c1-6(2,3)4(5(7)11)9-10-8/h4H,1-3H3. The highest BCUT2D eigenvalue weighted by Gasteiger charge is 2.28. The molecule has 0 saturated heterocycles. The molecule has 0 radical (unpaired) electrons. The van der Waals surface area contributed by atoms with Crippen LogP contribution in [-0.4, -0.2) is 11.3 Å². The molecular weight excluding hydrogens is 166 g/mol. The van der Waals surface area contributed by atoms with Crippen molar-refractivity contribution in [3.05, 3.63) is 10.4 Å². The zero-order valence-corrected chi connectivity index (χ0v) is 7.46. The molecule has 0 bridgehead atoms. The van der Waals surface area contributed by atoms with Gasteiger partial charge in [0.25, 0.3) is 0 Å². The molecule has 0 amide bonds. The fraction of sp³-hybridized carbons (Fsp3) is 0.833. The highest BCUT2D eigenvalue weighted by Crippen LogP contribution is 2.24. The van der Waals surface area contributed by atoms with Crippen molar-refractivity contribution >= 4 is 16.8 Å². The molecule has 0 aliphatic rings. The van der Waals surface area contributed by atoms with Crippen LogP contribution in [0.15, 0.2) is 5.11 Å². The fourth-order valence-electron chi connectivity index (χ4n) is 0.611. The normalized spacial score (nSPS) is 13.5. The van der Waals surface area contributed by atoms with Crippen LogP contribution in [0.3, 0.4) is 0 Å². The van der Waals surface area contributed by atoms with Gasteiger partial charge in [-0.05, 0) is 22.5 Å². The number of rotatable bonds is 2. The van der Waals surface area contributed by atoms with Gasteiger partial charge in [-0.3, -0.25) is 4.79 Å². The summed E-state index contributed by atoms with van der Waals surface area (Å²) in [6, 6.07) is -0.783. The number of azide groups is 1. The van der Waals surface area contributed by atoms with Crippen LogP contribution in [0, 0.1) is 5.41 Å². The quantitative estimate of drug-likeness (QED) is 0.275. The lowest BCUT2D eigenvalue weighted by molar-refractivity contribution is -0.114. The molecule has 11 heavy (non-hydrogen) atoms. The lowest BCUT2D eigenvalue weighted by Gasteiger charge is -2.22. The monoisotopic (exact) mass is 175 g/mol. The summed E-state index contributed by atoms with van der Waals surface area (Å²) in [5.74, 6) is 0. The van der Waals surface area contributed by atoms with E-state index in [1.54, 1.807) is 20.8 Å². The average Bonchev–Trinajstić information content (AvgIpc) is 1.79. The SMILES string of the molecule is CC(C)(C)C(N=[N+]=[N-])C(=O)Cl. The van der Waals surface area contributed by atoms with Gasteiger partial charge in [0.2, 0.25) is 5.24 Å². The summed E-state index contributed by atoms with van der Waals surface area (Å²) >= 11 is 5.20. The number of halogens is 1. The van der Waals surface area contributed by atoms with Gasteiger partial charge >= 0.3 is 0 Å². The first kappa shape index (κ1) is 10.3. The van der Waals surface area contributed by atoms with E-state index in [9.17, 15) is 4.79 Å². The zero-order chi connectivity index (χ0) is 9.07. The Morgan fingerprint density at radius 1 is 1.64 bits per heavy atom. The van der Waals surface area contributed by atoms with Gasteiger partial charge in [0, 0.05) is 4.91 Å². The minimum Gasteiger partial charge on any atom is -0.281 e. The molecule has 0 aliphatic carbocycles. The van der Waals surface area contributed by atoms with Crippen molar-refractivity contribution < 1.29 is 4.79 Å². The first-order chi connectivity index (χ1) is 4.89. The second-order valence-electron chi connectivity index (χ2n) is 3.28. The van der Waals surface area contributed by atoms with Gasteiger partial charge in [-0.2, -0.15) is 0 Å². The van der Waals surface area contributed by atoms with E-state index in [2.05, 4.69) is 10.0 Å². The second kappa shape index (κ2) is 3.60. The molecule has 0 aromatic carbocycles. The fourth-order valence-corrected chi connectivity index (χ4v) is 0.982. The largest absolute Gasteiger partial charge is 0.281 e. The number of carbonyl (C=O) groups excluding carboxylic acids is 1. The van der Waals surface area contributed by atoms with Crippen molar-refractivity contribution in [2.45, 2.75) is 26.8 Å². The summed E-state index contributed by atoms with van der Waals surface area (Å²) in [7, 11) is 0. The Hall–Kier alpha value is -0.730. The van der Waals surface area contributed by atoms with E-state index in [0.717, 1.165) is 0 Å². The van der Waals surface area contributed by atoms with Crippen LogP contribution in [0.2, 0.25) is 0 Å². The van der Waals surface area contributed by atoms with Gasteiger partial charge in [0.05, 0.1) is 0 Å². The zero-order valence-electron chi connectivity index (χ0n) is 6.71. The van der Waals surface area contributed by atoms with Gasteiger partial charge in [-0.1, -0.05) is 25.9 Å². The molecule has 1 unspecified atom stereocenters. The Morgan fingerprint density at radius 2 is 2.09 bits per heavy atom. The van der Waals surface area contributed by atoms with Crippen LogP contribution in [0.4, 0.5) is 0 Å². The predicted molar refractivity (Wildman–Crippen MR) is 43.2 cm³/mol. The second-order valence-corrected chi connectivity index (χ2v) is 3.65.